The molecule has 2 N–H and O–H groups in total. The van der Waals surface area contributed by atoms with Gasteiger partial charge in [-0.15, -0.1) is 0 Å². The number of amidine groups is 1. The van der Waals surface area contributed by atoms with Gasteiger partial charge in [-0.1, -0.05) is 29.4 Å². The molecule has 31 heavy (non-hydrogen) atoms. The zero-order valence-corrected chi connectivity index (χ0v) is 17.1. The highest BCUT2D eigenvalue weighted by atomic mass is 19.1. The van der Waals surface area contributed by atoms with Gasteiger partial charge in [0.05, 0.1) is 11.4 Å². The predicted octanol–water partition coefficient (Wildman–Crippen LogP) is 4.96. The summed E-state index contributed by atoms with van der Waals surface area (Å²) in [6.07, 6.45) is 3.46. The van der Waals surface area contributed by atoms with Gasteiger partial charge in [0.1, 0.15) is 11.6 Å². The van der Waals surface area contributed by atoms with Gasteiger partial charge < -0.3 is 15.1 Å². The molecule has 0 radical (unpaired) electrons. The van der Waals surface area contributed by atoms with Gasteiger partial charge in [-0.25, -0.2) is 9.37 Å². The predicted molar refractivity (Wildman–Crippen MR) is 117 cm³/mol. The van der Waals surface area contributed by atoms with Crippen molar-refractivity contribution < 1.29 is 9.23 Å². The van der Waals surface area contributed by atoms with Crippen molar-refractivity contribution in [3.63, 3.8) is 0 Å². The Morgan fingerprint density at radius 1 is 0.871 bits per heavy atom. The molecule has 0 spiro atoms. The van der Waals surface area contributed by atoms with Crippen LogP contribution in [0.5, 0.6) is 0 Å². The first-order valence-electron chi connectivity index (χ1n) is 9.91. The van der Waals surface area contributed by atoms with Crippen LogP contribution in [-0.4, -0.2) is 26.5 Å². The smallest absolute Gasteiger partial charge is 0.203 e. The van der Waals surface area contributed by atoms with Crippen molar-refractivity contribution in [2.45, 2.75) is 19.6 Å². The molecule has 5 rings (SSSR count). The van der Waals surface area contributed by atoms with E-state index in [0.29, 0.717) is 11.7 Å². The number of nitrogens with one attached hydrogen (secondary N) is 2. The average Bonchev–Trinajstić information content (AvgIpc) is 3.38. The molecule has 2 aromatic heterocycles. The molecule has 0 saturated carbocycles. The van der Waals surface area contributed by atoms with E-state index in [4.69, 9.17) is 9.82 Å². The molecule has 0 bridgehead atoms. The van der Waals surface area contributed by atoms with Crippen LogP contribution in [0.4, 0.5) is 4.39 Å². The summed E-state index contributed by atoms with van der Waals surface area (Å²) >= 11 is 0. The number of oxime groups is 1. The highest BCUT2D eigenvalue weighted by Crippen LogP contribution is 2.34. The molecular weight excluding hydrogens is 393 g/mol. The Hall–Kier alpha value is -4.00. The number of nitrogens with zero attached hydrogens (tertiary/aromatic N) is 3. The first-order valence-corrected chi connectivity index (χ1v) is 9.91. The van der Waals surface area contributed by atoms with E-state index in [1.807, 2.05) is 50.2 Å². The van der Waals surface area contributed by atoms with Crippen molar-refractivity contribution in [1.82, 2.24) is 20.3 Å². The summed E-state index contributed by atoms with van der Waals surface area (Å²) in [5, 5.41) is 7.50. The number of halogens is 1. The molecule has 2 aromatic carbocycles. The maximum absolute atomic E-state index is 13.5. The van der Waals surface area contributed by atoms with E-state index < -0.39 is 5.72 Å². The van der Waals surface area contributed by atoms with Crippen LogP contribution in [0.15, 0.2) is 78.2 Å². The summed E-state index contributed by atoms with van der Waals surface area (Å²) in [6.45, 7) is 3.82. The molecule has 0 saturated heterocycles. The van der Waals surface area contributed by atoms with E-state index in [0.717, 1.165) is 33.6 Å². The van der Waals surface area contributed by atoms with Crippen molar-refractivity contribution in [2.24, 2.45) is 5.16 Å². The standard InChI is InChI=1S/C24H20FN5O/c1-24(2)29-23(30-31-24)19-6-4-3-5-18(19)22-27-20(15-7-9-17(25)10-8-15)21(28-22)16-11-13-26-14-12-16/h3-14H,1-2H3,(H,27,28)(H,29,30). The van der Waals surface area contributed by atoms with Crippen LogP contribution in [0.1, 0.15) is 19.4 Å². The highest BCUT2D eigenvalue weighted by molar-refractivity contribution is 6.04. The van der Waals surface area contributed by atoms with E-state index in [-0.39, 0.29) is 5.82 Å². The Labute approximate surface area is 178 Å². The molecule has 0 fully saturated rings. The third kappa shape index (κ3) is 3.66. The second-order valence-corrected chi connectivity index (χ2v) is 7.76. The molecule has 3 heterocycles. The van der Waals surface area contributed by atoms with Crippen LogP contribution in [-0.2, 0) is 4.84 Å². The Morgan fingerprint density at radius 3 is 2.26 bits per heavy atom. The van der Waals surface area contributed by atoms with Crippen LogP contribution in [0, 0.1) is 5.82 Å². The van der Waals surface area contributed by atoms with Crippen molar-refractivity contribution in [2.75, 3.05) is 0 Å². The molecule has 7 heteroatoms. The van der Waals surface area contributed by atoms with E-state index >= 15 is 0 Å². The van der Waals surface area contributed by atoms with Gasteiger partial charge in [0, 0.05) is 34.6 Å². The van der Waals surface area contributed by atoms with Gasteiger partial charge in [-0.2, -0.15) is 0 Å². The van der Waals surface area contributed by atoms with Crippen molar-refractivity contribution >= 4 is 5.84 Å². The van der Waals surface area contributed by atoms with Crippen molar-refractivity contribution in [3.05, 3.63) is 84.4 Å². The van der Waals surface area contributed by atoms with Crippen LogP contribution >= 0.6 is 0 Å². The van der Waals surface area contributed by atoms with Crippen LogP contribution in [0.3, 0.4) is 0 Å². The van der Waals surface area contributed by atoms with Crippen LogP contribution < -0.4 is 5.32 Å². The summed E-state index contributed by atoms with van der Waals surface area (Å²) in [6, 6.07) is 18.0. The second-order valence-electron chi connectivity index (χ2n) is 7.76. The normalized spacial score (nSPS) is 14.6. The number of hydrogen-bond donors (Lipinski definition) is 2. The summed E-state index contributed by atoms with van der Waals surface area (Å²) in [5.41, 5.74) is 4.48. The number of pyridine rings is 1. The number of rotatable bonds is 4. The SMILES string of the molecule is CC1(C)NC(c2ccccc2-c2nc(-c3ccc(F)cc3)c(-c3ccncc3)[nH]2)=NO1. The fourth-order valence-corrected chi connectivity index (χ4v) is 3.55. The Kier molecular flexibility index (Phi) is 4.51. The van der Waals surface area contributed by atoms with E-state index in [1.165, 1.54) is 12.1 Å². The molecule has 1 aliphatic heterocycles. The Balaban J connectivity index is 1.66. The van der Waals surface area contributed by atoms with Crippen molar-refractivity contribution in [1.29, 1.82) is 0 Å². The minimum absolute atomic E-state index is 0.289. The first kappa shape index (κ1) is 19.0. The fourth-order valence-electron chi connectivity index (χ4n) is 3.55. The monoisotopic (exact) mass is 413 g/mol. The lowest BCUT2D eigenvalue weighted by Gasteiger charge is -2.16. The summed E-state index contributed by atoms with van der Waals surface area (Å²) < 4.78 is 13.5. The third-order valence-corrected chi connectivity index (χ3v) is 5.01. The van der Waals surface area contributed by atoms with Gasteiger partial charge >= 0.3 is 0 Å². The Bertz CT molecular complexity index is 1260. The minimum Gasteiger partial charge on any atom is -0.366 e. The lowest BCUT2D eigenvalue weighted by atomic mass is 10.1. The zero-order chi connectivity index (χ0) is 21.4. The fraction of sp³-hybridized carbons (Fsp3) is 0.125. The number of H-pyrrole nitrogens is 1. The number of hydrogen-bond acceptors (Lipinski definition) is 5. The molecule has 1 aliphatic rings. The van der Waals surface area contributed by atoms with E-state index in [9.17, 15) is 4.39 Å². The quantitative estimate of drug-likeness (QED) is 0.496. The number of benzene rings is 2. The molecule has 154 valence electrons. The maximum atomic E-state index is 13.5. The lowest BCUT2D eigenvalue weighted by Crippen LogP contribution is -2.39. The topological polar surface area (TPSA) is 75.2 Å². The third-order valence-electron chi connectivity index (χ3n) is 5.01. The first-order chi connectivity index (χ1) is 15.0. The number of aromatic amines is 1. The molecule has 0 aliphatic carbocycles. The summed E-state index contributed by atoms with van der Waals surface area (Å²) in [4.78, 5) is 17.9. The molecule has 0 unspecified atom stereocenters. The van der Waals surface area contributed by atoms with Gasteiger partial charge in [0.25, 0.3) is 0 Å². The van der Waals surface area contributed by atoms with Crippen LogP contribution in [0.2, 0.25) is 0 Å². The summed E-state index contributed by atoms with van der Waals surface area (Å²) in [5.74, 6) is 1.03. The number of imidazole rings is 1. The van der Waals surface area contributed by atoms with Gasteiger partial charge in [0.2, 0.25) is 5.72 Å². The molecule has 6 nitrogen and oxygen atoms in total. The molecule has 0 amide bonds. The van der Waals surface area contributed by atoms with Gasteiger partial charge in [-0.05, 0) is 50.2 Å². The zero-order valence-electron chi connectivity index (χ0n) is 17.1. The molecule has 4 aromatic rings. The summed E-state index contributed by atoms with van der Waals surface area (Å²) in [7, 11) is 0. The lowest BCUT2D eigenvalue weighted by molar-refractivity contribution is -0.00234. The average molecular weight is 413 g/mol. The minimum atomic E-state index is -0.576. The van der Waals surface area contributed by atoms with E-state index in [2.05, 4.69) is 20.4 Å². The number of aromatic nitrogens is 3. The Morgan fingerprint density at radius 2 is 1.58 bits per heavy atom. The molecular formula is C24H20FN5O. The van der Waals surface area contributed by atoms with Crippen LogP contribution in [0.25, 0.3) is 33.9 Å². The van der Waals surface area contributed by atoms with E-state index in [1.54, 1.807) is 24.5 Å². The molecule has 0 atom stereocenters. The second kappa shape index (κ2) is 7.36. The highest BCUT2D eigenvalue weighted by Gasteiger charge is 2.30. The van der Waals surface area contributed by atoms with Gasteiger partial charge in [-0.3, -0.25) is 4.98 Å². The maximum Gasteiger partial charge on any atom is 0.203 e. The van der Waals surface area contributed by atoms with Crippen molar-refractivity contribution in [3.8, 4) is 33.9 Å². The largest absolute Gasteiger partial charge is 0.366 e. The van der Waals surface area contributed by atoms with Gasteiger partial charge in [0.15, 0.2) is 5.84 Å².